The number of halogens is 1. The Morgan fingerprint density at radius 3 is 2.46 bits per heavy atom. The van der Waals surface area contributed by atoms with Crippen LogP contribution in [0.4, 0.5) is 0 Å². The molecule has 0 aliphatic carbocycles. The van der Waals surface area contributed by atoms with Crippen LogP contribution in [0.2, 0.25) is 0 Å². The molecule has 1 aromatic carbocycles. The molecule has 1 amide bonds. The highest BCUT2D eigenvalue weighted by atomic mass is 35.5. The van der Waals surface area contributed by atoms with Gasteiger partial charge in [0, 0.05) is 25.6 Å². The van der Waals surface area contributed by atoms with Crippen LogP contribution < -0.4 is 11.1 Å². The third kappa shape index (κ3) is 5.42. The molecule has 0 aromatic heterocycles. The van der Waals surface area contributed by atoms with Crippen molar-refractivity contribution < 1.29 is 13.2 Å². The molecular weight excluding hydrogens is 374 g/mol. The molecule has 8 heteroatoms. The fourth-order valence-corrected chi connectivity index (χ4v) is 4.76. The molecular formula is C18H30ClN3O3S. The summed E-state index contributed by atoms with van der Waals surface area (Å²) in [6.45, 7) is 7.60. The molecule has 1 fully saturated rings. The number of nitrogens with one attached hydrogen (secondary N) is 1. The van der Waals surface area contributed by atoms with Crippen LogP contribution in [0.3, 0.4) is 0 Å². The number of rotatable bonds is 6. The summed E-state index contributed by atoms with van der Waals surface area (Å²) in [5.74, 6) is 0.119. The Labute approximate surface area is 163 Å². The van der Waals surface area contributed by atoms with Crippen LogP contribution in [0.1, 0.15) is 30.9 Å². The van der Waals surface area contributed by atoms with Crippen molar-refractivity contribution >= 4 is 28.3 Å². The van der Waals surface area contributed by atoms with E-state index in [2.05, 4.69) is 5.32 Å². The van der Waals surface area contributed by atoms with E-state index < -0.39 is 10.0 Å². The first-order valence-electron chi connectivity index (χ1n) is 8.81. The van der Waals surface area contributed by atoms with Gasteiger partial charge in [-0.15, -0.1) is 12.4 Å². The lowest BCUT2D eigenvalue weighted by atomic mass is 9.97. The molecule has 148 valence electrons. The zero-order chi connectivity index (χ0) is 18.6. The molecule has 6 nitrogen and oxygen atoms in total. The van der Waals surface area contributed by atoms with Crippen molar-refractivity contribution in [3.63, 3.8) is 0 Å². The lowest BCUT2D eigenvalue weighted by Crippen LogP contribution is -2.44. The average Bonchev–Trinajstić information content (AvgIpc) is 2.59. The van der Waals surface area contributed by atoms with Crippen molar-refractivity contribution in [2.24, 2.45) is 17.6 Å². The number of aryl methyl sites for hydroxylation is 2. The van der Waals surface area contributed by atoms with Gasteiger partial charge in [0.15, 0.2) is 0 Å². The van der Waals surface area contributed by atoms with Crippen LogP contribution in [-0.2, 0) is 14.8 Å². The zero-order valence-electron chi connectivity index (χ0n) is 15.7. The molecule has 1 saturated heterocycles. The lowest BCUT2D eigenvalue weighted by molar-refractivity contribution is -0.126. The second-order valence-corrected chi connectivity index (χ2v) is 8.94. The first-order chi connectivity index (χ1) is 11.8. The van der Waals surface area contributed by atoms with Gasteiger partial charge in [-0.3, -0.25) is 4.79 Å². The Hall–Kier alpha value is -1.15. The first kappa shape index (κ1) is 22.9. The van der Waals surface area contributed by atoms with Gasteiger partial charge in [0.25, 0.3) is 0 Å². The van der Waals surface area contributed by atoms with E-state index in [0.29, 0.717) is 43.9 Å². The molecule has 2 rings (SSSR count). The molecule has 1 atom stereocenters. The number of nitrogens with zero attached hydrogens (tertiary/aromatic N) is 1. The van der Waals surface area contributed by atoms with E-state index in [-0.39, 0.29) is 30.2 Å². The molecule has 1 aromatic rings. The minimum Gasteiger partial charge on any atom is -0.356 e. The number of nitrogens with two attached hydrogens (primary N) is 1. The smallest absolute Gasteiger partial charge is 0.243 e. The predicted octanol–water partition coefficient (Wildman–Crippen LogP) is 1.84. The largest absolute Gasteiger partial charge is 0.356 e. The molecule has 0 bridgehead atoms. The Balaban J connectivity index is 0.00000338. The molecule has 0 radical (unpaired) electrons. The number of amides is 1. The van der Waals surface area contributed by atoms with E-state index in [4.69, 9.17) is 5.73 Å². The van der Waals surface area contributed by atoms with Gasteiger partial charge in [-0.2, -0.15) is 4.31 Å². The maximum atomic E-state index is 12.9. The lowest BCUT2D eigenvalue weighted by Gasteiger charge is -2.31. The number of carbonyl (C=O) groups excluding carboxylic acids is 1. The second kappa shape index (κ2) is 9.69. The van der Waals surface area contributed by atoms with Gasteiger partial charge in [0.2, 0.25) is 15.9 Å². The molecule has 1 aliphatic rings. The molecule has 0 spiro atoms. The van der Waals surface area contributed by atoms with Gasteiger partial charge >= 0.3 is 0 Å². The average molecular weight is 404 g/mol. The van der Waals surface area contributed by atoms with Crippen molar-refractivity contribution in [3.05, 3.63) is 29.3 Å². The standard InChI is InChI=1S/C18H29N3O3S.ClH/c1-13-4-5-17(15(3)10-13)25(23,24)21-8-6-16(7-9-21)18(22)20-12-14(2)11-19;/h4-5,10,14,16H,6-9,11-12,19H2,1-3H3,(H,20,22);1H. The van der Waals surface area contributed by atoms with Crippen molar-refractivity contribution in [1.82, 2.24) is 9.62 Å². The quantitative estimate of drug-likeness (QED) is 0.757. The number of hydrogen-bond donors (Lipinski definition) is 2. The van der Waals surface area contributed by atoms with Gasteiger partial charge in [0.05, 0.1) is 4.90 Å². The van der Waals surface area contributed by atoms with E-state index in [0.717, 1.165) is 11.1 Å². The number of hydrogen-bond acceptors (Lipinski definition) is 4. The molecule has 3 N–H and O–H groups in total. The van der Waals surface area contributed by atoms with Crippen molar-refractivity contribution in [2.45, 2.75) is 38.5 Å². The third-order valence-electron chi connectivity index (χ3n) is 4.80. The Morgan fingerprint density at radius 1 is 1.31 bits per heavy atom. The molecule has 1 aliphatic heterocycles. The van der Waals surface area contributed by atoms with E-state index in [9.17, 15) is 13.2 Å². The maximum Gasteiger partial charge on any atom is 0.243 e. The molecule has 0 saturated carbocycles. The van der Waals surface area contributed by atoms with Crippen LogP contribution >= 0.6 is 12.4 Å². The highest BCUT2D eigenvalue weighted by molar-refractivity contribution is 7.89. The van der Waals surface area contributed by atoms with E-state index >= 15 is 0 Å². The van der Waals surface area contributed by atoms with E-state index in [1.54, 1.807) is 6.07 Å². The van der Waals surface area contributed by atoms with Crippen LogP contribution in [0.15, 0.2) is 23.1 Å². The summed E-state index contributed by atoms with van der Waals surface area (Å²) >= 11 is 0. The van der Waals surface area contributed by atoms with Crippen LogP contribution in [0.5, 0.6) is 0 Å². The van der Waals surface area contributed by atoms with Gasteiger partial charge in [-0.25, -0.2) is 8.42 Å². The fraction of sp³-hybridized carbons (Fsp3) is 0.611. The van der Waals surface area contributed by atoms with Crippen molar-refractivity contribution in [3.8, 4) is 0 Å². The Kier molecular flexibility index (Phi) is 8.53. The highest BCUT2D eigenvalue weighted by Gasteiger charge is 2.32. The summed E-state index contributed by atoms with van der Waals surface area (Å²) in [5, 5.41) is 2.92. The summed E-state index contributed by atoms with van der Waals surface area (Å²) in [7, 11) is -3.50. The summed E-state index contributed by atoms with van der Waals surface area (Å²) in [6.07, 6.45) is 1.10. The molecule has 1 heterocycles. The van der Waals surface area contributed by atoms with E-state index in [1.807, 2.05) is 32.9 Å². The highest BCUT2D eigenvalue weighted by Crippen LogP contribution is 2.26. The Morgan fingerprint density at radius 2 is 1.92 bits per heavy atom. The van der Waals surface area contributed by atoms with Gasteiger partial charge in [-0.1, -0.05) is 24.6 Å². The van der Waals surface area contributed by atoms with Crippen LogP contribution in [0, 0.1) is 25.7 Å². The number of carbonyl (C=O) groups is 1. The SMILES string of the molecule is Cc1ccc(S(=O)(=O)N2CCC(C(=O)NCC(C)CN)CC2)c(C)c1.Cl. The first-order valence-corrected chi connectivity index (χ1v) is 10.2. The van der Waals surface area contributed by atoms with Gasteiger partial charge in [-0.05, 0) is 50.8 Å². The number of piperidine rings is 1. The summed E-state index contributed by atoms with van der Waals surface area (Å²) in [5.41, 5.74) is 7.36. The Bertz CT molecular complexity index is 716. The normalized spacial score (nSPS) is 17.4. The monoisotopic (exact) mass is 403 g/mol. The summed E-state index contributed by atoms with van der Waals surface area (Å²) in [4.78, 5) is 12.6. The number of benzene rings is 1. The predicted molar refractivity (Wildman–Crippen MR) is 106 cm³/mol. The molecule has 1 unspecified atom stereocenters. The van der Waals surface area contributed by atoms with Crippen molar-refractivity contribution in [1.29, 1.82) is 0 Å². The molecule has 26 heavy (non-hydrogen) atoms. The van der Waals surface area contributed by atoms with Crippen LogP contribution in [0.25, 0.3) is 0 Å². The van der Waals surface area contributed by atoms with Gasteiger partial charge in [0.1, 0.15) is 0 Å². The minimum atomic E-state index is -3.50. The van der Waals surface area contributed by atoms with Crippen LogP contribution in [-0.4, -0.2) is 44.8 Å². The fourth-order valence-electron chi connectivity index (χ4n) is 3.09. The summed E-state index contributed by atoms with van der Waals surface area (Å²) < 4.78 is 27.2. The minimum absolute atomic E-state index is 0. The van der Waals surface area contributed by atoms with Crippen molar-refractivity contribution in [2.75, 3.05) is 26.2 Å². The van der Waals surface area contributed by atoms with E-state index in [1.165, 1.54) is 4.31 Å². The zero-order valence-corrected chi connectivity index (χ0v) is 17.3. The number of sulfonamides is 1. The third-order valence-corrected chi connectivity index (χ3v) is 6.86. The second-order valence-electron chi connectivity index (χ2n) is 7.03. The summed E-state index contributed by atoms with van der Waals surface area (Å²) in [6, 6.07) is 5.37. The van der Waals surface area contributed by atoms with Gasteiger partial charge < -0.3 is 11.1 Å². The topological polar surface area (TPSA) is 92.5 Å². The maximum absolute atomic E-state index is 12.9.